The van der Waals surface area contributed by atoms with Crippen molar-refractivity contribution >= 4 is 16.9 Å². The van der Waals surface area contributed by atoms with E-state index in [-0.39, 0.29) is 6.04 Å². The number of fused-ring (bicyclic) bond motifs is 1. The van der Waals surface area contributed by atoms with Crippen LogP contribution >= 0.6 is 0 Å². The highest BCUT2D eigenvalue weighted by Crippen LogP contribution is 2.33. The number of pyridine rings is 1. The quantitative estimate of drug-likeness (QED) is 0.365. The van der Waals surface area contributed by atoms with Crippen molar-refractivity contribution < 1.29 is 9.15 Å². The van der Waals surface area contributed by atoms with Gasteiger partial charge in [0.1, 0.15) is 11.2 Å². The first-order valence-corrected chi connectivity index (χ1v) is 10.8. The summed E-state index contributed by atoms with van der Waals surface area (Å²) in [6.07, 6.45) is 5.10. The molecule has 33 heavy (non-hydrogen) atoms. The molecular weight excluding hydrogens is 416 g/mol. The summed E-state index contributed by atoms with van der Waals surface area (Å²) >= 11 is 0. The highest BCUT2D eigenvalue weighted by atomic mass is 16.5. The molecule has 5 rings (SSSR count). The van der Waals surface area contributed by atoms with E-state index in [9.17, 15) is 0 Å². The normalized spacial score (nSPS) is 11.3. The first-order chi connectivity index (χ1) is 16.1. The zero-order valence-electron chi connectivity index (χ0n) is 18.7. The maximum Gasteiger partial charge on any atom is 0.194 e. The summed E-state index contributed by atoms with van der Waals surface area (Å²) in [7, 11) is 1.62. The van der Waals surface area contributed by atoms with Gasteiger partial charge in [-0.2, -0.15) is 5.10 Å². The second-order valence-corrected chi connectivity index (χ2v) is 7.90. The zero-order chi connectivity index (χ0) is 22.8. The van der Waals surface area contributed by atoms with Gasteiger partial charge >= 0.3 is 0 Å². The fourth-order valence-electron chi connectivity index (χ4n) is 3.70. The number of ether oxygens (including phenoxy) is 1. The Kier molecular flexibility index (Phi) is 5.48. The minimum atomic E-state index is 0.126. The molecule has 0 atom stereocenters. The molecule has 0 saturated heterocycles. The maximum atomic E-state index is 5.67. The molecule has 0 amide bonds. The average Bonchev–Trinajstić information content (AvgIpc) is 3.50. The lowest BCUT2D eigenvalue weighted by molar-refractivity contribution is 0.414. The van der Waals surface area contributed by atoms with E-state index < -0.39 is 0 Å². The van der Waals surface area contributed by atoms with Crippen molar-refractivity contribution in [3.05, 3.63) is 72.8 Å². The lowest BCUT2D eigenvalue weighted by Crippen LogP contribution is -2.09. The smallest absolute Gasteiger partial charge is 0.194 e. The van der Waals surface area contributed by atoms with Crippen molar-refractivity contribution in [2.75, 3.05) is 12.4 Å². The molecule has 0 bridgehead atoms. The third-order valence-corrected chi connectivity index (χ3v) is 5.36. The fourth-order valence-corrected chi connectivity index (χ4v) is 3.70. The number of aromatic nitrogens is 5. The summed E-state index contributed by atoms with van der Waals surface area (Å²) in [6, 6.07) is 16.1. The van der Waals surface area contributed by atoms with Crippen LogP contribution in [-0.2, 0) is 6.54 Å². The fraction of sp³-hybridized carbons (Fsp3) is 0.200. The molecule has 4 aromatic heterocycles. The first-order valence-electron chi connectivity index (χ1n) is 10.8. The van der Waals surface area contributed by atoms with Crippen LogP contribution < -0.4 is 10.1 Å². The molecule has 0 unspecified atom stereocenters. The van der Waals surface area contributed by atoms with E-state index in [4.69, 9.17) is 19.1 Å². The second-order valence-electron chi connectivity index (χ2n) is 7.90. The Balaban J connectivity index is 1.45. The number of methoxy groups -OCH3 is 1. The Hall–Kier alpha value is -4.20. The Morgan fingerprint density at radius 1 is 1.06 bits per heavy atom. The highest BCUT2D eigenvalue weighted by Gasteiger charge is 2.21. The van der Waals surface area contributed by atoms with E-state index >= 15 is 0 Å². The Morgan fingerprint density at radius 2 is 1.91 bits per heavy atom. The minimum absolute atomic E-state index is 0.126. The molecule has 0 aliphatic carbocycles. The Bertz CT molecular complexity index is 1370. The van der Waals surface area contributed by atoms with E-state index in [0.29, 0.717) is 35.0 Å². The van der Waals surface area contributed by atoms with Crippen molar-refractivity contribution in [3.8, 4) is 28.5 Å². The van der Waals surface area contributed by atoms with Crippen LogP contribution in [0.5, 0.6) is 5.75 Å². The number of nitrogens with one attached hydrogen (secondary N) is 1. The molecule has 0 radical (unpaired) electrons. The van der Waals surface area contributed by atoms with Gasteiger partial charge in [0, 0.05) is 30.4 Å². The van der Waals surface area contributed by atoms with Gasteiger partial charge in [-0.1, -0.05) is 30.3 Å². The van der Waals surface area contributed by atoms with Gasteiger partial charge in [0.25, 0.3) is 0 Å². The van der Waals surface area contributed by atoms with E-state index in [0.717, 1.165) is 22.5 Å². The molecule has 1 N–H and O–H groups in total. The predicted molar refractivity (Wildman–Crippen MR) is 127 cm³/mol. The molecular formula is C25H24N6O2. The Morgan fingerprint density at radius 3 is 2.64 bits per heavy atom. The van der Waals surface area contributed by atoms with Gasteiger partial charge in [0.15, 0.2) is 23.0 Å². The molecule has 0 aliphatic rings. The lowest BCUT2D eigenvalue weighted by Gasteiger charge is -2.13. The van der Waals surface area contributed by atoms with Crippen molar-refractivity contribution in [3.63, 3.8) is 0 Å². The largest absolute Gasteiger partial charge is 0.493 e. The maximum absolute atomic E-state index is 5.67. The van der Waals surface area contributed by atoms with Crippen LogP contribution in [0.3, 0.4) is 0 Å². The topological polar surface area (TPSA) is 90.9 Å². The van der Waals surface area contributed by atoms with Crippen molar-refractivity contribution in [2.24, 2.45) is 0 Å². The molecule has 0 saturated carbocycles. The summed E-state index contributed by atoms with van der Waals surface area (Å²) < 4.78 is 13.1. The predicted octanol–water partition coefficient (Wildman–Crippen LogP) is 5.35. The Labute approximate surface area is 191 Å². The monoisotopic (exact) mass is 440 g/mol. The van der Waals surface area contributed by atoms with Crippen LogP contribution in [0.4, 0.5) is 5.82 Å². The van der Waals surface area contributed by atoms with E-state index in [2.05, 4.69) is 53.5 Å². The molecule has 4 heterocycles. The average molecular weight is 441 g/mol. The molecule has 8 heteroatoms. The lowest BCUT2D eigenvalue weighted by atomic mass is 10.1. The van der Waals surface area contributed by atoms with Crippen LogP contribution in [0, 0.1) is 0 Å². The van der Waals surface area contributed by atoms with Gasteiger partial charge in [-0.3, -0.25) is 9.67 Å². The summed E-state index contributed by atoms with van der Waals surface area (Å²) in [6.45, 7) is 4.69. The molecule has 5 aromatic rings. The van der Waals surface area contributed by atoms with E-state index in [1.807, 2.05) is 28.9 Å². The van der Waals surface area contributed by atoms with Gasteiger partial charge in [0.2, 0.25) is 0 Å². The number of nitrogens with zero attached hydrogens (tertiary/aromatic N) is 5. The van der Waals surface area contributed by atoms with Gasteiger partial charge < -0.3 is 14.5 Å². The molecule has 0 fully saturated rings. The molecule has 1 aromatic carbocycles. The SMILES string of the molecule is COc1cnn(C(C)C)c1-c1nc(NCc2ccc(-c3ccccn3)cc2)c2occc2n1. The van der Waals surface area contributed by atoms with Gasteiger partial charge in [-0.05, 0) is 31.5 Å². The van der Waals surface area contributed by atoms with Gasteiger partial charge in [0.05, 0.1) is 25.3 Å². The number of hydrogen-bond donors (Lipinski definition) is 1. The number of hydrogen-bond acceptors (Lipinski definition) is 7. The summed E-state index contributed by atoms with van der Waals surface area (Å²) in [5.74, 6) is 1.77. The molecule has 8 nitrogen and oxygen atoms in total. The zero-order valence-corrected chi connectivity index (χ0v) is 18.7. The van der Waals surface area contributed by atoms with E-state index in [1.54, 1.807) is 25.8 Å². The number of anilines is 1. The second kappa shape index (κ2) is 8.74. The highest BCUT2D eigenvalue weighted by molar-refractivity contribution is 5.85. The molecule has 0 aliphatic heterocycles. The van der Waals surface area contributed by atoms with Gasteiger partial charge in [-0.15, -0.1) is 0 Å². The van der Waals surface area contributed by atoms with Gasteiger partial charge in [-0.25, -0.2) is 9.97 Å². The number of rotatable bonds is 7. The van der Waals surface area contributed by atoms with Crippen molar-refractivity contribution in [1.82, 2.24) is 24.7 Å². The number of benzene rings is 1. The summed E-state index contributed by atoms with van der Waals surface area (Å²) in [5.41, 5.74) is 5.19. The molecule has 0 spiro atoms. The van der Waals surface area contributed by atoms with Crippen LogP contribution in [0.2, 0.25) is 0 Å². The van der Waals surface area contributed by atoms with Crippen LogP contribution in [0.25, 0.3) is 33.9 Å². The summed E-state index contributed by atoms with van der Waals surface area (Å²) in [4.78, 5) is 13.9. The molecule has 166 valence electrons. The first kappa shape index (κ1) is 20.7. The van der Waals surface area contributed by atoms with E-state index in [1.165, 1.54) is 0 Å². The van der Waals surface area contributed by atoms with Crippen LogP contribution in [-0.4, -0.2) is 31.8 Å². The number of furan rings is 1. The third kappa shape index (κ3) is 4.03. The van der Waals surface area contributed by atoms with Crippen LogP contribution in [0.15, 0.2) is 71.6 Å². The van der Waals surface area contributed by atoms with Crippen LogP contribution in [0.1, 0.15) is 25.5 Å². The standard InChI is InChI=1S/C25H24N6O2/c1-16(2)31-22(21(32-3)15-28-31)24-29-20-11-13-33-23(20)25(30-24)27-14-17-7-9-18(10-8-17)19-6-4-5-12-26-19/h4-13,15-16H,14H2,1-3H3,(H,27,29,30). The van der Waals surface area contributed by atoms with Crippen molar-refractivity contribution in [1.29, 1.82) is 0 Å². The van der Waals surface area contributed by atoms with Crippen molar-refractivity contribution in [2.45, 2.75) is 26.4 Å². The summed E-state index contributed by atoms with van der Waals surface area (Å²) in [5, 5.41) is 7.86. The third-order valence-electron chi connectivity index (χ3n) is 5.36. The minimum Gasteiger partial charge on any atom is -0.493 e.